The zero-order valence-electron chi connectivity index (χ0n) is 7.29. The Bertz CT molecular complexity index is 395. The molecule has 0 bridgehead atoms. The molecule has 1 nitrogen and oxygen atoms in total. The Morgan fingerprint density at radius 1 is 1.31 bits per heavy atom. The SMILES string of the molecule is c1ccc2sc([C@H]3CCN3)cc2c1. The number of fused-ring (bicyclic) bond motifs is 1. The van der Waals surface area contributed by atoms with Crippen LogP contribution in [0.5, 0.6) is 0 Å². The number of nitrogens with one attached hydrogen (secondary N) is 1. The van der Waals surface area contributed by atoms with Gasteiger partial charge in [0, 0.05) is 15.6 Å². The fourth-order valence-electron chi connectivity index (χ4n) is 1.71. The van der Waals surface area contributed by atoms with Crippen LogP contribution in [0.2, 0.25) is 0 Å². The first kappa shape index (κ1) is 7.54. The van der Waals surface area contributed by atoms with Gasteiger partial charge in [0.2, 0.25) is 0 Å². The monoisotopic (exact) mass is 189 g/mol. The van der Waals surface area contributed by atoms with E-state index in [2.05, 4.69) is 35.6 Å². The second-order valence-corrected chi connectivity index (χ2v) is 4.60. The molecule has 1 aliphatic heterocycles. The molecule has 1 N–H and O–H groups in total. The maximum absolute atomic E-state index is 3.43. The molecule has 0 spiro atoms. The summed E-state index contributed by atoms with van der Waals surface area (Å²) in [6.07, 6.45) is 1.30. The average Bonchev–Trinajstić information content (AvgIpc) is 2.43. The van der Waals surface area contributed by atoms with Gasteiger partial charge in [0.05, 0.1) is 0 Å². The molecule has 13 heavy (non-hydrogen) atoms. The Labute approximate surface area is 81.4 Å². The summed E-state index contributed by atoms with van der Waals surface area (Å²) in [4.78, 5) is 1.49. The number of benzene rings is 1. The van der Waals surface area contributed by atoms with Crippen LogP contribution in [0.25, 0.3) is 10.1 Å². The van der Waals surface area contributed by atoms with Crippen molar-refractivity contribution in [1.29, 1.82) is 0 Å². The Kier molecular flexibility index (Phi) is 1.64. The van der Waals surface area contributed by atoms with Crippen LogP contribution in [0.1, 0.15) is 17.3 Å². The minimum atomic E-state index is 0.636. The van der Waals surface area contributed by atoms with Crippen molar-refractivity contribution < 1.29 is 0 Å². The van der Waals surface area contributed by atoms with Crippen LogP contribution < -0.4 is 5.32 Å². The van der Waals surface area contributed by atoms with Gasteiger partial charge in [0.15, 0.2) is 0 Å². The van der Waals surface area contributed by atoms with Gasteiger partial charge in [0.25, 0.3) is 0 Å². The summed E-state index contributed by atoms with van der Waals surface area (Å²) in [5, 5.41) is 4.82. The van der Waals surface area contributed by atoms with Crippen LogP contribution in [-0.4, -0.2) is 6.54 Å². The van der Waals surface area contributed by atoms with Crippen LogP contribution >= 0.6 is 11.3 Å². The van der Waals surface area contributed by atoms with Crippen molar-refractivity contribution in [3.05, 3.63) is 35.2 Å². The molecule has 2 heteroatoms. The summed E-state index contributed by atoms with van der Waals surface area (Å²) in [7, 11) is 0. The molecule has 0 saturated carbocycles. The van der Waals surface area contributed by atoms with Gasteiger partial charge in [-0.25, -0.2) is 0 Å². The molecule has 1 aromatic carbocycles. The van der Waals surface area contributed by atoms with E-state index in [-0.39, 0.29) is 0 Å². The molecule has 0 aliphatic carbocycles. The minimum absolute atomic E-state index is 0.636. The van der Waals surface area contributed by atoms with Gasteiger partial charge in [0.1, 0.15) is 0 Å². The van der Waals surface area contributed by atoms with E-state index in [4.69, 9.17) is 0 Å². The molecule has 66 valence electrons. The maximum atomic E-state index is 3.43. The molecular weight excluding hydrogens is 178 g/mol. The standard InChI is InChI=1S/C11H11NS/c1-2-4-10-8(3-1)7-11(13-10)9-5-6-12-9/h1-4,7,9,12H,5-6H2/t9-/m1/s1. The van der Waals surface area contributed by atoms with Crippen LogP contribution in [0.15, 0.2) is 30.3 Å². The third kappa shape index (κ3) is 1.18. The summed E-state index contributed by atoms with van der Waals surface area (Å²) in [6.45, 7) is 1.18. The Morgan fingerprint density at radius 3 is 2.85 bits per heavy atom. The molecular formula is C11H11NS. The second kappa shape index (κ2) is 2.82. The predicted molar refractivity (Wildman–Crippen MR) is 57.2 cm³/mol. The molecule has 0 radical (unpaired) electrons. The van der Waals surface area contributed by atoms with E-state index in [1.165, 1.54) is 27.9 Å². The zero-order valence-corrected chi connectivity index (χ0v) is 8.10. The van der Waals surface area contributed by atoms with Crippen molar-refractivity contribution >= 4 is 21.4 Å². The van der Waals surface area contributed by atoms with Crippen LogP contribution in [-0.2, 0) is 0 Å². The van der Waals surface area contributed by atoms with Gasteiger partial charge < -0.3 is 5.32 Å². The highest BCUT2D eigenvalue weighted by atomic mass is 32.1. The first-order valence-corrected chi connectivity index (χ1v) is 5.47. The van der Waals surface area contributed by atoms with Crippen LogP contribution in [0, 0.1) is 0 Å². The van der Waals surface area contributed by atoms with Gasteiger partial charge in [-0.2, -0.15) is 0 Å². The molecule has 1 atom stereocenters. The van der Waals surface area contributed by atoms with E-state index < -0.39 is 0 Å². The van der Waals surface area contributed by atoms with Gasteiger partial charge in [-0.15, -0.1) is 11.3 Å². The van der Waals surface area contributed by atoms with E-state index in [9.17, 15) is 0 Å². The van der Waals surface area contributed by atoms with E-state index in [0.717, 1.165) is 0 Å². The molecule has 1 saturated heterocycles. The summed E-state index contributed by atoms with van der Waals surface area (Å²) < 4.78 is 1.41. The van der Waals surface area contributed by atoms with Gasteiger partial charge in [-0.3, -0.25) is 0 Å². The normalized spacial score (nSPS) is 21.7. The van der Waals surface area contributed by atoms with Gasteiger partial charge in [-0.05, 0) is 30.5 Å². The van der Waals surface area contributed by atoms with E-state index in [1.807, 2.05) is 11.3 Å². The lowest BCUT2D eigenvalue weighted by atomic mass is 10.1. The van der Waals surface area contributed by atoms with Crippen molar-refractivity contribution in [2.75, 3.05) is 6.54 Å². The minimum Gasteiger partial charge on any atom is -0.309 e. The van der Waals surface area contributed by atoms with Crippen LogP contribution in [0.4, 0.5) is 0 Å². The topological polar surface area (TPSA) is 12.0 Å². The Hall–Kier alpha value is -0.860. The highest BCUT2D eigenvalue weighted by Gasteiger charge is 2.20. The van der Waals surface area contributed by atoms with E-state index in [1.54, 1.807) is 0 Å². The lowest BCUT2D eigenvalue weighted by Crippen LogP contribution is -2.34. The third-order valence-electron chi connectivity index (χ3n) is 2.61. The molecule has 3 rings (SSSR count). The Morgan fingerprint density at radius 2 is 2.15 bits per heavy atom. The fraction of sp³-hybridized carbons (Fsp3) is 0.273. The van der Waals surface area contributed by atoms with E-state index >= 15 is 0 Å². The maximum Gasteiger partial charge on any atom is 0.0427 e. The first-order valence-electron chi connectivity index (χ1n) is 4.65. The van der Waals surface area contributed by atoms with Crippen molar-refractivity contribution in [1.82, 2.24) is 5.32 Å². The van der Waals surface area contributed by atoms with Crippen LogP contribution in [0.3, 0.4) is 0 Å². The molecule has 2 heterocycles. The van der Waals surface area contributed by atoms with Gasteiger partial charge >= 0.3 is 0 Å². The third-order valence-corrected chi connectivity index (χ3v) is 3.84. The summed E-state index contributed by atoms with van der Waals surface area (Å²) in [5.74, 6) is 0. The number of rotatable bonds is 1. The van der Waals surface area contributed by atoms with Crippen molar-refractivity contribution in [2.24, 2.45) is 0 Å². The number of hydrogen-bond acceptors (Lipinski definition) is 2. The van der Waals surface area contributed by atoms with Crippen molar-refractivity contribution in [2.45, 2.75) is 12.5 Å². The number of hydrogen-bond donors (Lipinski definition) is 1. The highest BCUT2D eigenvalue weighted by Crippen LogP contribution is 2.33. The largest absolute Gasteiger partial charge is 0.309 e. The summed E-state index contributed by atoms with van der Waals surface area (Å²) >= 11 is 1.92. The van der Waals surface area contributed by atoms with Crippen molar-refractivity contribution in [3.63, 3.8) is 0 Å². The smallest absolute Gasteiger partial charge is 0.0427 e. The first-order chi connectivity index (χ1) is 6.43. The second-order valence-electron chi connectivity index (χ2n) is 3.48. The quantitative estimate of drug-likeness (QED) is 0.727. The highest BCUT2D eigenvalue weighted by molar-refractivity contribution is 7.19. The Balaban J connectivity index is 2.10. The summed E-state index contributed by atoms with van der Waals surface area (Å²) in [6, 6.07) is 11.6. The molecule has 1 aliphatic rings. The molecule has 1 aromatic heterocycles. The van der Waals surface area contributed by atoms with Crippen molar-refractivity contribution in [3.8, 4) is 0 Å². The summed E-state index contributed by atoms with van der Waals surface area (Å²) in [5.41, 5.74) is 0. The lowest BCUT2D eigenvalue weighted by Gasteiger charge is -2.26. The molecule has 0 amide bonds. The molecule has 1 fully saturated rings. The number of thiophene rings is 1. The van der Waals surface area contributed by atoms with Gasteiger partial charge in [-0.1, -0.05) is 18.2 Å². The molecule has 2 aromatic rings. The lowest BCUT2D eigenvalue weighted by molar-refractivity contribution is 0.389. The predicted octanol–water partition coefficient (Wildman–Crippen LogP) is 2.94. The molecule has 0 unspecified atom stereocenters. The zero-order chi connectivity index (χ0) is 8.67. The fourth-order valence-corrected chi connectivity index (χ4v) is 2.88. The van der Waals surface area contributed by atoms with E-state index in [0.29, 0.717) is 6.04 Å². The average molecular weight is 189 g/mol.